The summed E-state index contributed by atoms with van der Waals surface area (Å²) in [6.45, 7) is 4.52. The monoisotopic (exact) mass is 219 g/mol. The summed E-state index contributed by atoms with van der Waals surface area (Å²) in [4.78, 5) is 7.10. The van der Waals surface area contributed by atoms with E-state index in [0.29, 0.717) is 6.04 Å². The van der Waals surface area contributed by atoms with E-state index in [-0.39, 0.29) is 0 Å². The number of hydrogen-bond acceptors (Lipinski definition) is 3. The van der Waals surface area contributed by atoms with Gasteiger partial charge < -0.3 is 5.32 Å². The van der Waals surface area contributed by atoms with Crippen molar-refractivity contribution in [3.8, 4) is 0 Å². The number of piperidine rings is 1. The Morgan fingerprint density at radius 2 is 2.31 bits per heavy atom. The minimum absolute atomic E-state index is 0.703. The van der Waals surface area contributed by atoms with Crippen molar-refractivity contribution in [2.24, 2.45) is 0 Å². The van der Waals surface area contributed by atoms with E-state index in [4.69, 9.17) is 0 Å². The summed E-state index contributed by atoms with van der Waals surface area (Å²) in [5, 5.41) is 3.09. The van der Waals surface area contributed by atoms with Crippen LogP contribution >= 0.6 is 0 Å². The number of nitrogens with zero attached hydrogens (tertiary/aromatic N) is 2. The highest BCUT2D eigenvalue weighted by atomic mass is 15.2. The highest BCUT2D eigenvalue weighted by molar-refractivity contribution is 5.34. The lowest BCUT2D eigenvalue weighted by Crippen LogP contribution is -2.36. The van der Waals surface area contributed by atoms with Gasteiger partial charge in [-0.05, 0) is 38.4 Å². The summed E-state index contributed by atoms with van der Waals surface area (Å²) in [7, 11) is 1.91. The second-order valence-corrected chi connectivity index (χ2v) is 4.58. The van der Waals surface area contributed by atoms with Crippen molar-refractivity contribution >= 4 is 5.82 Å². The van der Waals surface area contributed by atoms with Crippen LogP contribution in [0.2, 0.25) is 0 Å². The molecule has 2 heterocycles. The molecule has 1 aliphatic rings. The lowest BCUT2D eigenvalue weighted by Gasteiger charge is -2.32. The van der Waals surface area contributed by atoms with Gasteiger partial charge in [0.25, 0.3) is 0 Å². The van der Waals surface area contributed by atoms with Crippen LogP contribution in [0, 0.1) is 0 Å². The summed E-state index contributed by atoms with van der Waals surface area (Å²) < 4.78 is 0. The third-order valence-corrected chi connectivity index (χ3v) is 3.37. The van der Waals surface area contributed by atoms with E-state index in [9.17, 15) is 0 Å². The zero-order valence-corrected chi connectivity index (χ0v) is 10.2. The normalized spacial score (nSPS) is 22.0. The first-order valence-corrected chi connectivity index (χ1v) is 6.17. The molecule has 1 saturated heterocycles. The van der Waals surface area contributed by atoms with Gasteiger partial charge in [-0.3, -0.25) is 4.90 Å². The molecule has 0 aliphatic carbocycles. The van der Waals surface area contributed by atoms with E-state index in [0.717, 1.165) is 12.4 Å². The summed E-state index contributed by atoms with van der Waals surface area (Å²) in [6, 6.07) is 6.89. The lowest BCUT2D eigenvalue weighted by molar-refractivity contribution is 0.151. The number of hydrogen-bond donors (Lipinski definition) is 1. The van der Waals surface area contributed by atoms with Gasteiger partial charge in [0.2, 0.25) is 0 Å². The van der Waals surface area contributed by atoms with Gasteiger partial charge in [0.15, 0.2) is 0 Å². The van der Waals surface area contributed by atoms with Crippen LogP contribution in [0.3, 0.4) is 0 Å². The van der Waals surface area contributed by atoms with Crippen molar-refractivity contribution in [2.45, 2.75) is 38.8 Å². The summed E-state index contributed by atoms with van der Waals surface area (Å²) in [5.74, 6) is 0.960. The first-order valence-electron chi connectivity index (χ1n) is 6.17. The molecule has 88 valence electrons. The van der Waals surface area contributed by atoms with Crippen LogP contribution in [0.15, 0.2) is 18.2 Å². The van der Waals surface area contributed by atoms with Crippen molar-refractivity contribution in [3.05, 3.63) is 23.9 Å². The number of pyridine rings is 1. The highest BCUT2D eigenvalue weighted by Crippen LogP contribution is 2.18. The number of aromatic nitrogens is 1. The van der Waals surface area contributed by atoms with Gasteiger partial charge in [-0.25, -0.2) is 4.98 Å². The summed E-state index contributed by atoms with van der Waals surface area (Å²) >= 11 is 0. The maximum Gasteiger partial charge on any atom is 0.126 e. The molecule has 1 aliphatic heterocycles. The van der Waals surface area contributed by atoms with E-state index in [1.54, 1.807) is 0 Å². The zero-order valence-electron chi connectivity index (χ0n) is 10.2. The molecule has 1 atom stereocenters. The minimum Gasteiger partial charge on any atom is -0.373 e. The predicted octanol–water partition coefficient (Wildman–Crippen LogP) is 2.50. The van der Waals surface area contributed by atoms with Crippen LogP contribution < -0.4 is 5.32 Å². The Bertz CT molecular complexity index is 338. The molecule has 1 aromatic heterocycles. The Hall–Kier alpha value is -1.09. The molecule has 1 aromatic rings. The van der Waals surface area contributed by atoms with Crippen LogP contribution in [0.1, 0.15) is 31.9 Å². The first-order chi connectivity index (χ1) is 7.79. The van der Waals surface area contributed by atoms with Gasteiger partial charge in [0.1, 0.15) is 5.82 Å². The van der Waals surface area contributed by atoms with Gasteiger partial charge >= 0.3 is 0 Å². The van der Waals surface area contributed by atoms with Crippen molar-refractivity contribution in [3.63, 3.8) is 0 Å². The zero-order chi connectivity index (χ0) is 11.4. The largest absolute Gasteiger partial charge is 0.373 e. The van der Waals surface area contributed by atoms with Crippen LogP contribution in [0.5, 0.6) is 0 Å². The number of rotatable bonds is 3. The Balaban J connectivity index is 2.01. The summed E-state index contributed by atoms with van der Waals surface area (Å²) in [6.07, 6.45) is 4.03. The van der Waals surface area contributed by atoms with E-state index < -0.39 is 0 Å². The molecule has 0 radical (unpaired) electrons. The molecule has 3 heteroatoms. The fourth-order valence-corrected chi connectivity index (χ4v) is 2.31. The molecule has 16 heavy (non-hydrogen) atoms. The minimum atomic E-state index is 0.703. The van der Waals surface area contributed by atoms with Crippen molar-refractivity contribution < 1.29 is 0 Å². The molecule has 0 amide bonds. The highest BCUT2D eigenvalue weighted by Gasteiger charge is 2.18. The maximum absolute atomic E-state index is 4.57. The topological polar surface area (TPSA) is 28.2 Å². The second-order valence-electron chi connectivity index (χ2n) is 4.58. The fourth-order valence-electron chi connectivity index (χ4n) is 2.31. The van der Waals surface area contributed by atoms with Crippen LogP contribution in [-0.2, 0) is 6.54 Å². The van der Waals surface area contributed by atoms with E-state index in [1.807, 2.05) is 13.1 Å². The number of likely N-dealkylation sites (tertiary alicyclic amines) is 1. The number of anilines is 1. The molecule has 0 spiro atoms. The van der Waals surface area contributed by atoms with E-state index in [2.05, 4.69) is 34.3 Å². The second kappa shape index (κ2) is 5.30. The van der Waals surface area contributed by atoms with E-state index in [1.165, 1.54) is 31.5 Å². The van der Waals surface area contributed by atoms with Gasteiger partial charge in [-0.15, -0.1) is 0 Å². The molecule has 0 saturated carbocycles. The molecule has 2 rings (SSSR count). The molecular weight excluding hydrogens is 198 g/mol. The van der Waals surface area contributed by atoms with Crippen LogP contribution in [-0.4, -0.2) is 29.5 Å². The molecule has 0 aromatic carbocycles. The molecule has 1 unspecified atom stereocenters. The third-order valence-electron chi connectivity index (χ3n) is 3.37. The summed E-state index contributed by atoms with van der Waals surface area (Å²) in [5.41, 5.74) is 1.17. The van der Waals surface area contributed by atoms with Gasteiger partial charge in [0.05, 0.1) is 5.69 Å². The predicted molar refractivity (Wildman–Crippen MR) is 67.5 cm³/mol. The SMILES string of the molecule is CNc1cccc(CN2CCCCC2C)n1. The third kappa shape index (κ3) is 2.73. The van der Waals surface area contributed by atoms with Gasteiger partial charge in [-0.1, -0.05) is 12.5 Å². The first kappa shape index (κ1) is 11.4. The molecule has 1 fully saturated rings. The van der Waals surface area contributed by atoms with Crippen LogP contribution in [0.25, 0.3) is 0 Å². The molecule has 0 bridgehead atoms. The lowest BCUT2D eigenvalue weighted by atomic mass is 10.0. The van der Waals surface area contributed by atoms with Gasteiger partial charge in [-0.2, -0.15) is 0 Å². The molecular formula is C13H21N3. The van der Waals surface area contributed by atoms with Crippen molar-refractivity contribution in [2.75, 3.05) is 18.9 Å². The van der Waals surface area contributed by atoms with Gasteiger partial charge in [0, 0.05) is 19.6 Å². The average Bonchev–Trinajstić information content (AvgIpc) is 2.32. The standard InChI is InChI=1S/C13H21N3/c1-11-6-3-4-9-16(11)10-12-7-5-8-13(14-2)15-12/h5,7-8,11H,3-4,6,9-10H2,1-2H3,(H,14,15). The van der Waals surface area contributed by atoms with E-state index >= 15 is 0 Å². The van der Waals surface area contributed by atoms with Crippen molar-refractivity contribution in [1.29, 1.82) is 0 Å². The average molecular weight is 219 g/mol. The van der Waals surface area contributed by atoms with Crippen LogP contribution in [0.4, 0.5) is 5.82 Å². The Morgan fingerprint density at radius 3 is 3.06 bits per heavy atom. The van der Waals surface area contributed by atoms with Crippen molar-refractivity contribution in [1.82, 2.24) is 9.88 Å². The number of nitrogens with one attached hydrogen (secondary N) is 1. The Morgan fingerprint density at radius 1 is 1.44 bits per heavy atom. The quantitative estimate of drug-likeness (QED) is 0.846. The Labute approximate surface area is 97.9 Å². The fraction of sp³-hybridized carbons (Fsp3) is 0.615. The Kier molecular flexibility index (Phi) is 3.78. The molecule has 1 N–H and O–H groups in total. The molecule has 3 nitrogen and oxygen atoms in total. The maximum atomic E-state index is 4.57. The smallest absolute Gasteiger partial charge is 0.126 e.